The second kappa shape index (κ2) is 10.1. The third-order valence-corrected chi connectivity index (χ3v) is 7.20. The van der Waals surface area contributed by atoms with Gasteiger partial charge < -0.3 is 9.80 Å². The molecule has 38 heavy (non-hydrogen) atoms. The Hall–Kier alpha value is -4.53. The summed E-state index contributed by atoms with van der Waals surface area (Å²) < 4.78 is 3.60. The first-order valence-corrected chi connectivity index (χ1v) is 12.9. The zero-order chi connectivity index (χ0) is 26.1. The summed E-state index contributed by atoms with van der Waals surface area (Å²) >= 11 is 0. The molecule has 192 valence electrons. The molecule has 9 nitrogen and oxygen atoms in total. The highest BCUT2D eigenvalue weighted by Crippen LogP contribution is 2.18. The minimum atomic E-state index is -0.102. The highest BCUT2D eigenvalue weighted by Gasteiger charge is 2.23. The van der Waals surface area contributed by atoms with E-state index in [1.807, 2.05) is 83.0 Å². The number of nitrogens with zero attached hydrogens (tertiary/aromatic N) is 7. The summed E-state index contributed by atoms with van der Waals surface area (Å²) in [6.45, 7) is 5.27. The summed E-state index contributed by atoms with van der Waals surface area (Å²) in [7, 11) is 0. The van der Waals surface area contributed by atoms with Crippen molar-refractivity contribution in [2.75, 3.05) is 31.1 Å². The van der Waals surface area contributed by atoms with E-state index in [1.54, 1.807) is 10.8 Å². The molecule has 2 aromatic carbocycles. The van der Waals surface area contributed by atoms with Crippen molar-refractivity contribution in [2.24, 2.45) is 0 Å². The molecule has 0 N–H and O–H groups in total. The monoisotopic (exact) mass is 507 g/mol. The van der Waals surface area contributed by atoms with Crippen LogP contribution in [0.2, 0.25) is 0 Å². The van der Waals surface area contributed by atoms with Crippen molar-refractivity contribution in [1.29, 1.82) is 0 Å². The Morgan fingerprint density at radius 3 is 2.42 bits per heavy atom. The van der Waals surface area contributed by atoms with Gasteiger partial charge in [0.05, 0.1) is 17.4 Å². The van der Waals surface area contributed by atoms with Crippen LogP contribution in [0.5, 0.6) is 0 Å². The molecule has 0 aliphatic carbocycles. The second-order valence-corrected chi connectivity index (χ2v) is 9.70. The number of hydrogen-bond acceptors (Lipinski definition) is 6. The summed E-state index contributed by atoms with van der Waals surface area (Å²) in [5.74, 6) is 2.20. The fraction of sp³-hybridized carbons (Fsp3) is 0.276. The molecule has 1 saturated heterocycles. The topological polar surface area (TPSA) is 88.6 Å². The maximum atomic E-state index is 13.4. The standard InChI is InChI=1S/C29H29N7O2/c1-21-9-11-22(12-10-21)20-35-28(38)23-6-2-3-7-24(23)36-26(31-32-29(35)36)13-14-27(37)34-18-16-33(17-19-34)25-8-4-5-15-30-25/h2-12,15H,13-14,16-20H2,1H3. The maximum Gasteiger partial charge on any atom is 0.263 e. The molecule has 1 amide bonds. The molecule has 0 atom stereocenters. The zero-order valence-electron chi connectivity index (χ0n) is 21.3. The van der Waals surface area contributed by atoms with Crippen LogP contribution in [0.3, 0.4) is 0 Å². The summed E-state index contributed by atoms with van der Waals surface area (Å²) in [5, 5.41) is 9.45. The van der Waals surface area contributed by atoms with Crippen molar-refractivity contribution < 1.29 is 4.79 Å². The first-order chi connectivity index (χ1) is 18.6. The largest absolute Gasteiger partial charge is 0.353 e. The van der Waals surface area contributed by atoms with Gasteiger partial charge in [0.15, 0.2) is 0 Å². The van der Waals surface area contributed by atoms with E-state index in [4.69, 9.17) is 0 Å². The van der Waals surface area contributed by atoms with Gasteiger partial charge in [-0.05, 0) is 36.8 Å². The van der Waals surface area contributed by atoms with Crippen molar-refractivity contribution in [3.63, 3.8) is 0 Å². The molecule has 1 aliphatic rings. The third-order valence-electron chi connectivity index (χ3n) is 7.20. The lowest BCUT2D eigenvalue weighted by molar-refractivity contribution is -0.131. The second-order valence-electron chi connectivity index (χ2n) is 9.70. The number of carbonyl (C=O) groups is 1. The number of anilines is 1. The molecule has 1 aliphatic heterocycles. The van der Waals surface area contributed by atoms with Gasteiger partial charge in [0.1, 0.15) is 11.6 Å². The van der Waals surface area contributed by atoms with Gasteiger partial charge in [-0.25, -0.2) is 4.98 Å². The zero-order valence-corrected chi connectivity index (χ0v) is 21.3. The molecule has 0 bridgehead atoms. The lowest BCUT2D eigenvalue weighted by atomic mass is 10.1. The number of benzene rings is 2. The van der Waals surface area contributed by atoms with Crippen LogP contribution in [0.1, 0.15) is 23.4 Å². The molecular weight excluding hydrogens is 478 g/mol. The van der Waals surface area contributed by atoms with E-state index in [0.29, 0.717) is 49.5 Å². The van der Waals surface area contributed by atoms with E-state index < -0.39 is 0 Å². The molecule has 0 saturated carbocycles. The molecular formula is C29H29N7O2. The van der Waals surface area contributed by atoms with Crippen LogP contribution < -0.4 is 10.5 Å². The van der Waals surface area contributed by atoms with Crippen molar-refractivity contribution in [3.8, 4) is 0 Å². The minimum Gasteiger partial charge on any atom is -0.353 e. The number of rotatable bonds is 6. The molecule has 5 aromatic rings. The van der Waals surface area contributed by atoms with Gasteiger partial charge in [-0.1, -0.05) is 48.0 Å². The predicted octanol–water partition coefficient (Wildman–Crippen LogP) is 3.08. The number of pyridine rings is 1. The number of aryl methyl sites for hydroxylation is 2. The Labute approximate surface area is 220 Å². The average Bonchev–Trinajstić information content (AvgIpc) is 3.39. The minimum absolute atomic E-state index is 0.0969. The fourth-order valence-corrected chi connectivity index (χ4v) is 5.10. The van der Waals surface area contributed by atoms with Crippen molar-refractivity contribution >= 4 is 28.4 Å². The number of fused-ring (bicyclic) bond motifs is 3. The summed E-state index contributed by atoms with van der Waals surface area (Å²) in [6.07, 6.45) is 2.56. The molecule has 0 spiro atoms. The Morgan fingerprint density at radius 2 is 1.66 bits per heavy atom. The predicted molar refractivity (Wildman–Crippen MR) is 146 cm³/mol. The smallest absolute Gasteiger partial charge is 0.263 e. The highest BCUT2D eigenvalue weighted by atomic mass is 16.2. The maximum absolute atomic E-state index is 13.4. The molecule has 6 rings (SSSR count). The van der Waals surface area contributed by atoms with Crippen molar-refractivity contribution in [1.82, 2.24) is 29.0 Å². The van der Waals surface area contributed by atoms with E-state index in [0.717, 1.165) is 35.6 Å². The number of carbonyl (C=O) groups excluding carboxylic acids is 1. The highest BCUT2D eigenvalue weighted by molar-refractivity contribution is 5.80. The van der Waals surface area contributed by atoms with Crippen LogP contribution in [-0.2, 0) is 17.8 Å². The molecule has 0 unspecified atom stereocenters. The van der Waals surface area contributed by atoms with Gasteiger partial charge in [-0.15, -0.1) is 10.2 Å². The average molecular weight is 508 g/mol. The van der Waals surface area contributed by atoms with Gasteiger partial charge in [-0.2, -0.15) is 0 Å². The fourth-order valence-electron chi connectivity index (χ4n) is 5.10. The Morgan fingerprint density at radius 1 is 0.895 bits per heavy atom. The van der Waals surface area contributed by atoms with Crippen LogP contribution in [0.25, 0.3) is 16.7 Å². The van der Waals surface area contributed by atoms with Crippen molar-refractivity contribution in [2.45, 2.75) is 26.3 Å². The summed E-state index contributed by atoms with van der Waals surface area (Å²) in [6, 6.07) is 21.5. The van der Waals surface area contributed by atoms with Gasteiger partial charge in [0.2, 0.25) is 11.7 Å². The van der Waals surface area contributed by atoms with Crippen LogP contribution >= 0.6 is 0 Å². The van der Waals surface area contributed by atoms with Crippen LogP contribution in [0, 0.1) is 6.92 Å². The number of para-hydroxylation sites is 1. The van der Waals surface area contributed by atoms with Crippen LogP contribution in [0.15, 0.2) is 77.7 Å². The molecule has 1 fully saturated rings. The number of amides is 1. The third kappa shape index (κ3) is 4.51. The van der Waals surface area contributed by atoms with Gasteiger partial charge >= 0.3 is 0 Å². The van der Waals surface area contributed by atoms with Gasteiger partial charge in [-0.3, -0.25) is 18.6 Å². The van der Waals surface area contributed by atoms with Crippen LogP contribution in [-0.4, -0.2) is 61.1 Å². The summed E-state index contributed by atoms with van der Waals surface area (Å²) in [5.41, 5.74) is 2.83. The van der Waals surface area contributed by atoms with E-state index in [-0.39, 0.29) is 11.5 Å². The van der Waals surface area contributed by atoms with E-state index in [2.05, 4.69) is 20.1 Å². The Balaban J connectivity index is 1.23. The normalized spacial score (nSPS) is 13.9. The number of aromatic nitrogens is 5. The number of hydrogen-bond donors (Lipinski definition) is 0. The van der Waals surface area contributed by atoms with E-state index >= 15 is 0 Å². The molecule has 4 heterocycles. The van der Waals surface area contributed by atoms with E-state index in [1.165, 1.54) is 0 Å². The summed E-state index contributed by atoms with van der Waals surface area (Å²) in [4.78, 5) is 35.1. The van der Waals surface area contributed by atoms with Crippen molar-refractivity contribution in [3.05, 3.63) is 100 Å². The Bertz CT molecular complexity index is 1650. The molecule has 0 radical (unpaired) electrons. The lowest BCUT2D eigenvalue weighted by Gasteiger charge is -2.35. The first-order valence-electron chi connectivity index (χ1n) is 12.9. The Kier molecular flexibility index (Phi) is 6.33. The molecule has 9 heteroatoms. The van der Waals surface area contributed by atoms with E-state index in [9.17, 15) is 9.59 Å². The SMILES string of the molecule is Cc1ccc(Cn2c(=O)c3ccccc3n3c(CCC(=O)N4CCN(c5ccccn5)CC4)nnc23)cc1. The number of piperazine rings is 1. The van der Waals surface area contributed by atoms with Crippen LogP contribution in [0.4, 0.5) is 5.82 Å². The lowest BCUT2D eigenvalue weighted by Crippen LogP contribution is -2.49. The molecule has 3 aromatic heterocycles. The van der Waals surface area contributed by atoms with Gasteiger partial charge in [0.25, 0.3) is 5.56 Å². The quantitative estimate of drug-likeness (QED) is 0.351. The first kappa shape index (κ1) is 23.8. The van der Waals surface area contributed by atoms with Gasteiger partial charge in [0, 0.05) is 45.2 Å².